The van der Waals surface area contributed by atoms with Crippen LogP contribution in [0, 0.1) is 30.1 Å². The molecule has 0 unspecified atom stereocenters. The Bertz CT molecular complexity index is 707. The Morgan fingerprint density at radius 2 is 1.23 bits per heavy atom. The molecule has 1 fully saturated rings. The molecule has 4 rings (SSSR count). The summed E-state index contributed by atoms with van der Waals surface area (Å²) in [4.78, 5) is 0. The van der Waals surface area contributed by atoms with Gasteiger partial charge in [-0.1, -0.05) is 91.9 Å². The zero-order chi connectivity index (χ0) is 17.8. The molecule has 0 nitrogen and oxygen atoms in total. The summed E-state index contributed by atoms with van der Waals surface area (Å²) >= 11 is 0. The van der Waals surface area contributed by atoms with Crippen molar-refractivity contribution in [2.75, 3.05) is 6.16 Å². The molecular weight excluding hydrogens is 331 g/mol. The average molecular weight is 355 g/mol. The van der Waals surface area contributed by atoms with Crippen LogP contribution in [-0.4, -0.2) is 6.16 Å². The van der Waals surface area contributed by atoms with E-state index in [1.54, 1.807) is 0 Å². The van der Waals surface area contributed by atoms with Gasteiger partial charge >= 0.3 is 0 Å². The van der Waals surface area contributed by atoms with Crippen molar-refractivity contribution in [3.8, 4) is 0 Å². The van der Waals surface area contributed by atoms with Gasteiger partial charge in [-0.3, -0.25) is 0 Å². The fourth-order valence-electron chi connectivity index (χ4n) is 3.76. The Morgan fingerprint density at radius 3 is 1.77 bits per heavy atom. The summed E-state index contributed by atoms with van der Waals surface area (Å²) in [5.74, 6) is 5.88. The topological polar surface area (TPSA) is 0 Å². The molecule has 0 bridgehead atoms. The van der Waals surface area contributed by atoms with Crippen LogP contribution in [-0.2, 0) is 0 Å². The Balaban J connectivity index is 1.52. The second-order valence-corrected chi connectivity index (χ2v) is 9.00. The highest BCUT2D eigenvalue weighted by molar-refractivity contribution is 7.73. The molecule has 2 aliphatic rings. The highest BCUT2D eigenvalue weighted by atomic mass is 31.1. The predicted molar refractivity (Wildman–Crippen MR) is 114 cm³/mol. The highest BCUT2D eigenvalue weighted by Gasteiger charge is 2.42. The summed E-state index contributed by atoms with van der Waals surface area (Å²) in [6.07, 6.45) is 14.8. The molecule has 129 valence electrons. The summed E-state index contributed by atoms with van der Waals surface area (Å²) in [5.41, 5.74) is 0. The van der Waals surface area contributed by atoms with Crippen LogP contribution < -0.4 is 10.6 Å². The minimum Gasteiger partial charge on any atom is -0.0759 e. The summed E-state index contributed by atoms with van der Waals surface area (Å²) in [6, 6.07) is 22.1. The van der Waals surface area contributed by atoms with Gasteiger partial charge in [0.15, 0.2) is 0 Å². The fraction of sp³-hybridized carbons (Fsp3) is 0.160. The maximum absolute atomic E-state index is 2.44. The third-order valence-corrected chi connectivity index (χ3v) is 7.60. The van der Waals surface area contributed by atoms with Crippen LogP contribution in [0.5, 0.6) is 0 Å². The number of hydrogen-bond donors (Lipinski definition) is 0. The second-order valence-electron chi connectivity index (χ2n) is 6.67. The molecular formula is C25H24P. The van der Waals surface area contributed by atoms with Gasteiger partial charge in [0.1, 0.15) is 0 Å². The van der Waals surface area contributed by atoms with Gasteiger partial charge in [-0.05, 0) is 55.8 Å². The van der Waals surface area contributed by atoms with E-state index in [0.717, 1.165) is 12.8 Å². The van der Waals surface area contributed by atoms with Crippen molar-refractivity contribution in [3.05, 3.63) is 115 Å². The van der Waals surface area contributed by atoms with Crippen molar-refractivity contribution in [3.63, 3.8) is 0 Å². The minimum atomic E-state index is -0.325. The summed E-state index contributed by atoms with van der Waals surface area (Å²) in [7, 11) is -0.325. The first-order valence-electron chi connectivity index (χ1n) is 9.40. The molecule has 0 N–H and O–H groups in total. The van der Waals surface area contributed by atoms with Crippen LogP contribution >= 0.6 is 7.92 Å². The van der Waals surface area contributed by atoms with Gasteiger partial charge in [0.05, 0.1) is 0 Å². The number of fused-ring (bicyclic) bond motifs is 1. The van der Waals surface area contributed by atoms with Crippen molar-refractivity contribution < 1.29 is 0 Å². The Hall–Kier alpha value is -1.65. The van der Waals surface area contributed by atoms with Crippen LogP contribution in [0.3, 0.4) is 0 Å². The Morgan fingerprint density at radius 1 is 0.692 bits per heavy atom. The van der Waals surface area contributed by atoms with E-state index in [1.807, 2.05) is 0 Å². The van der Waals surface area contributed by atoms with Crippen LogP contribution in [0.25, 0.3) is 0 Å². The molecule has 2 aromatic carbocycles. The fourth-order valence-corrected chi connectivity index (χ4v) is 6.11. The Labute approximate surface area is 159 Å². The predicted octanol–water partition coefficient (Wildman–Crippen LogP) is 5.56. The van der Waals surface area contributed by atoms with Gasteiger partial charge in [-0.25, -0.2) is 0 Å². The van der Waals surface area contributed by atoms with Gasteiger partial charge in [0.25, 0.3) is 0 Å². The summed E-state index contributed by atoms with van der Waals surface area (Å²) < 4.78 is 0. The first-order valence-corrected chi connectivity index (χ1v) is 10.9. The van der Waals surface area contributed by atoms with E-state index in [-0.39, 0.29) is 7.92 Å². The lowest BCUT2D eigenvalue weighted by molar-refractivity contribution is 0.946. The van der Waals surface area contributed by atoms with E-state index in [0.29, 0.717) is 0 Å². The molecule has 0 atom stereocenters. The quantitative estimate of drug-likeness (QED) is 0.595. The van der Waals surface area contributed by atoms with Gasteiger partial charge in [-0.2, -0.15) is 0 Å². The van der Waals surface area contributed by atoms with E-state index in [2.05, 4.69) is 98.3 Å². The standard InChI is InChI=1S/C25H24P/c1-2-20-19-21(25-16-10-9-15-24(20)25)17-18-26(22-11-5-3-6-12-22)23-13-7-4-8-14-23/h3-16,19H,2,17-18H2,1H3. The lowest BCUT2D eigenvalue weighted by Crippen LogP contribution is -2.16. The number of hydrogen-bond acceptors (Lipinski definition) is 0. The van der Waals surface area contributed by atoms with Gasteiger partial charge in [0.2, 0.25) is 0 Å². The van der Waals surface area contributed by atoms with E-state index in [4.69, 9.17) is 0 Å². The lowest BCUT2D eigenvalue weighted by Gasteiger charge is -2.24. The molecule has 0 aliphatic heterocycles. The normalized spacial score (nSPS) is 18.7. The average Bonchev–Trinajstić information content (AvgIpc) is 3.08. The Kier molecular flexibility index (Phi) is 5.71. The van der Waals surface area contributed by atoms with Gasteiger partial charge in [-0.15, -0.1) is 0 Å². The SMILES string of the molecule is CC[C]1[CH][C](CCP(c2ccccc2)c2ccccc2)[C]2C=CC=C[C]12. The largest absolute Gasteiger partial charge is 0.0759 e. The molecule has 1 saturated carbocycles. The van der Waals surface area contributed by atoms with E-state index < -0.39 is 0 Å². The summed E-state index contributed by atoms with van der Waals surface area (Å²) in [5, 5.41) is 2.94. The molecule has 0 spiro atoms. The number of rotatable bonds is 6. The van der Waals surface area contributed by atoms with Crippen LogP contribution in [0.2, 0.25) is 0 Å². The molecule has 2 aromatic rings. The van der Waals surface area contributed by atoms with Crippen molar-refractivity contribution >= 4 is 18.5 Å². The second kappa shape index (κ2) is 8.36. The van der Waals surface area contributed by atoms with Crippen LogP contribution in [0.4, 0.5) is 0 Å². The molecule has 0 amide bonds. The molecule has 0 saturated heterocycles. The van der Waals surface area contributed by atoms with Crippen molar-refractivity contribution in [1.29, 1.82) is 0 Å². The smallest absolute Gasteiger partial charge is 0.0161 e. The van der Waals surface area contributed by atoms with Gasteiger partial charge in [0, 0.05) is 11.8 Å². The first kappa shape index (κ1) is 17.7. The van der Waals surface area contributed by atoms with Crippen molar-refractivity contribution in [2.45, 2.75) is 19.8 Å². The highest BCUT2D eigenvalue weighted by Crippen LogP contribution is 2.53. The van der Waals surface area contributed by atoms with E-state index >= 15 is 0 Å². The lowest BCUT2D eigenvalue weighted by atomic mass is 9.82. The van der Waals surface area contributed by atoms with Crippen molar-refractivity contribution in [2.24, 2.45) is 0 Å². The first-order chi connectivity index (χ1) is 12.9. The summed E-state index contributed by atoms with van der Waals surface area (Å²) in [6.45, 7) is 2.26. The molecule has 2 aliphatic carbocycles. The van der Waals surface area contributed by atoms with E-state index in [9.17, 15) is 0 Å². The van der Waals surface area contributed by atoms with Crippen LogP contribution in [0.1, 0.15) is 19.8 Å². The maximum Gasteiger partial charge on any atom is 0.0161 e. The molecule has 26 heavy (non-hydrogen) atoms. The van der Waals surface area contributed by atoms with Crippen LogP contribution in [0.15, 0.2) is 85.0 Å². The molecule has 0 heterocycles. The third-order valence-electron chi connectivity index (χ3n) is 5.09. The molecule has 5 radical (unpaired) electrons. The number of benzene rings is 2. The molecule has 0 aromatic heterocycles. The maximum atomic E-state index is 2.44. The minimum absolute atomic E-state index is 0.325. The zero-order valence-corrected chi connectivity index (χ0v) is 16.1. The van der Waals surface area contributed by atoms with Gasteiger partial charge < -0.3 is 0 Å². The zero-order valence-electron chi connectivity index (χ0n) is 15.2. The van der Waals surface area contributed by atoms with Crippen molar-refractivity contribution in [1.82, 2.24) is 0 Å². The number of allylic oxidation sites excluding steroid dienone is 4. The monoisotopic (exact) mass is 355 g/mol. The molecule has 1 heteroatoms. The third kappa shape index (κ3) is 3.72. The van der Waals surface area contributed by atoms with E-state index in [1.165, 1.54) is 40.4 Å².